The summed E-state index contributed by atoms with van der Waals surface area (Å²) in [5, 5.41) is 17.7. The number of carbonyl (C=O) groups is 4. The maximum Gasteiger partial charge on any atom is 0.414 e. The molecule has 1 saturated heterocycles. The van der Waals surface area contributed by atoms with Gasteiger partial charge in [-0.05, 0) is 37.1 Å². The van der Waals surface area contributed by atoms with Gasteiger partial charge in [0.25, 0.3) is 0 Å². The summed E-state index contributed by atoms with van der Waals surface area (Å²) in [5.74, 6) is -2.98. The normalized spacial score (nSPS) is 15.0. The van der Waals surface area contributed by atoms with E-state index >= 15 is 0 Å². The molecule has 1 atom stereocenters. The molecule has 0 aliphatic carbocycles. The number of aliphatic carboxylic acids is 2. The number of amides is 1. The number of likely N-dealkylation sites (tertiary alicyclic amines) is 1. The van der Waals surface area contributed by atoms with Gasteiger partial charge < -0.3 is 29.7 Å². The number of methoxy groups -OCH3 is 2. The highest BCUT2D eigenvalue weighted by Crippen LogP contribution is 2.30. The lowest BCUT2D eigenvalue weighted by molar-refractivity contribution is -0.159. The number of carboxylic acids is 2. The Labute approximate surface area is 208 Å². The molecule has 194 valence electrons. The number of benzene rings is 2. The second-order valence-electron chi connectivity index (χ2n) is 7.80. The third-order valence-electron chi connectivity index (χ3n) is 5.33. The number of carbonyl (C=O) groups excluding carboxylic acids is 2. The summed E-state index contributed by atoms with van der Waals surface area (Å²) in [6.45, 7) is 1.01. The molecule has 2 aromatic carbocycles. The maximum absolute atomic E-state index is 12.9. The van der Waals surface area contributed by atoms with Crippen molar-refractivity contribution in [2.75, 3.05) is 32.6 Å². The number of anilines is 1. The van der Waals surface area contributed by atoms with Crippen LogP contribution in [0, 0.1) is 0 Å². The van der Waals surface area contributed by atoms with Crippen LogP contribution in [-0.2, 0) is 30.5 Å². The molecule has 1 aliphatic rings. The van der Waals surface area contributed by atoms with Crippen LogP contribution < -0.4 is 14.8 Å². The Morgan fingerprint density at radius 3 is 2.22 bits per heavy atom. The van der Waals surface area contributed by atoms with Gasteiger partial charge in [-0.25, -0.2) is 9.59 Å². The summed E-state index contributed by atoms with van der Waals surface area (Å²) in [6.07, 6.45) is 2.59. The van der Waals surface area contributed by atoms with Gasteiger partial charge in [-0.3, -0.25) is 14.5 Å². The Hall–Kier alpha value is -4.12. The van der Waals surface area contributed by atoms with Crippen LogP contribution in [0.5, 0.6) is 11.5 Å². The first-order chi connectivity index (χ1) is 17.2. The van der Waals surface area contributed by atoms with Gasteiger partial charge in [0.2, 0.25) is 5.91 Å². The van der Waals surface area contributed by atoms with Crippen molar-refractivity contribution in [3.8, 4) is 11.5 Å². The molecule has 0 radical (unpaired) electrons. The Bertz CT molecular complexity index is 1030. The molecule has 3 N–H and O–H groups in total. The fourth-order valence-electron chi connectivity index (χ4n) is 3.57. The van der Waals surface area contributed by atoms with Gasteiger partial charge in [0.15, 0.2) is 11.5 Å². The Morgan fingerprint density at radius 2 is 1.61 bits per heavy atom. The molecular weight excluding hydrogens is 472 g/mol. The molecule has 0 bridgehead atoms. The van der Waals surface area contributed by atoms with Crippen molar-refractivity contribution < 1.29 is 43.6 Å². The van der Waals surface area contributed by atoms with Crippen LogP contribution in [0.3, 0.4) is 0 Å². The zero-order valence-corrected chi connectivity index (χ0v) is 20.1. The lowest BCUT2D eigenvalue weighted by Gasteiger charge is -2.33. The summed E-state index contributed by atoms with van der Waals surface area (Å²) in [5.41, 5.74) is 1.56. The Balaban J connectivity index is 0.000000678. The first-order valence-corrected chi connectivity index (χ1v) is 11.2. The largest absolute Gasteiger partial charge is 0.493 e. The third kappa shape index (κ3) is 8.91. The first kappa shape index (κ1) is 28.1. The van der Waals surface area contributed by atoms with E-state index < -0.39 is 11.9 Å². The van der Waals surface area contributed by atoms with Gasteiger partial charge in [0.05, 0.1) is 26.8 Å². The van der Waals surface area contributed by atoms with Gasteiger partial charge in [0, 0.05) is 11.8 Å². The molecule has 0 spiro atoms. The molecule has 2 aromatic rings. The van der Waals surface area contributed by atoms with Crippen molar-refractivity contribution in [3.05, 3.63) is 54.1 Å². The maximum atomic E-state index is 12.9. The summed E-state index contributed by atoms with van der Waals surface area (Å²) >= 11 is 0. The van der Waals surface area contributed by atoms with Gasteiger partial charge in [-0.15, -0.1) is 0 Å². The van der Waals surface area contributed by atoms with Crippen LogP contribution in [0.15, 0.2) is 48.5 Å². The molecule has 1 unspecified atom stereocenters. The summed E-state index contributed by atoms with van der Waals surface area (Å²) < 4.78 is 15.9. The van der Waals surface area contributed by atoms with Crippen LogP contribution in [0.4, 0.5) is 5.69 Å². The van der Waals surface area contributed by atoms with E-state index in [1.165, 1.54) is 0 Å². The Kier molecular flexibility index (Phi) is 11.2. The van der Waals surface area contributed by atoms with Crippen molar-refractivity contribution >= 4 is 29.5 Å². The number of rotatable bonds is 8. The molecule has 1 fully saturated rings. The van der Waals surface area contributed by atoms with E-state index in [9.17, 15) is 9.59 Å². The molecule has 36 heavy (non-hydrogen) atoms. The number of ether oxygens (including phenoxy) is 3. The predicted molar refractivity (Wildman–Crippen MR) is 129 cm³/mol. The van der Waals surface area contributed by atoms with Gasteiger partial charge in [-0.1, -0.05) is 36.8 Å². The van der Waals surface area contributed by atoms with E-state index in [0.717, 1.165) is 18.4 Å². The fourth-order valence-corrected chi connectivity index (χ4v) is 3.57. The van der Waals surface area contributed by atoms with Crippen molar-refractivity contribution in [2.24, 2.45) is 0 Å². The lowest BCUT2D eigenvalue weighted by atomic mass is 10.0. The number of carboxylic acid groups (broad SMARTS) is 2. The molecule has 1 aliphatic heterocycles. The summed E-state index contributed by atoms with van der Waals surface area (Å²) in [7, 11) is 3.11. The van der Waals surface area contributed by atoms with Gasteiger partial charge in [-0.2, -0.15) is 0 Å². The minimum Gasteiger partial charge on any atom is -0.493 e. The predicted octanol–water partition coefficient (Wildman–Crippen LogP) is 2.40. The topological polar surface area (TPSA) is 152 Å². The average Bonchev–Trinajstić information content (AvgIpc) is 2.88. The molecule has 1 amide bonds. The van der Waals surface area contributed by atoms with E-state index in [1.807, 2.05) is 35.2 Å². The number of hydrogen-bond donors (Lipinski definition) is 3. The van der Waals surface area contributed by atoms with Crippen molar-refractivity contribution in [1.82, 2.24) is 4.90 Å². The van der Waals surface area contributed by atoms with Crippen LogP contribution in [0.25, 0.3) is 0 Å². The van der Waals surface area contributed by atoms with Crippen molar-refractivity contribution in [1.29, 1.82) is 0 Å². The standard InChI is InChI=1S/C23H28N2O5.C2H2O4/c1-28-20-12-11-18(14-21(20)29-2)24-23(27)19-10-6-7-13-25(19)15-22(26)30-16-17-8-4-3-5-9-17;3-1(4)2(5)6/h3-5,8-9,11-12,14,19H,6-7,10,13,15-16H2,1-2H3,(H,24,27);(H,3,4)(H,5,6). The highest BCUT2D eigenvalue weighted by molar-refractivity contribution is 6.27. The van der Waals surface area contributed by atoms with Crippen LogP contribution in [-0.4, -0.2) is 72.3 Å². The van der Waals surface area contributed by atoms with Crippen LogP contribution in [0.2, 0.25) is 0 Å². The van der Waals surface area contributed by atoms with E-state index in [2.05, 4.69) is 5.32 Å². The van der Waals surface area contributed by atoms with E-state index in [-0.39, 0.29) is 31.1 Å². The number of nitrogens with one attached hydrogen (secondary N) is 1. The fraction of sp³-hybridized carbons (Fsp3) is 0.360. The molecule has 11 nitrogen and oxygen atoms in total. The molecule has 0 saturated carbocycles. The average molecular weight is 503 g/mol. The summed E-state index contributed by atoms with van der Waals surface area (Å²) in [6, 6.07) is 14.4. The molecule has 0 aromatic heterocycles. The SMILES string of the molecule is COc1ccc(NC(=O)C2CCCCN2CC(=O)OCc2ccccc2)cc1OC.O=C(O)C(=O)O. The number of hydrogen-bond acceptors (Lipinski definition) is 8. The van der Waals surface area contributed by atoms with Gasteiger partial charge >= 0.3 is 17.9 Å². The quantitative estimate of drug-likeness (QED) is 0.362. The highest BCUT2D eigenvalue weighted by atomic mass is 16.5. The number of piperidine rings is 1. The minimum absolute atomic E-state index is 0.0941. The molecule has 11 heteroatoms. The molecular formula is C25H30N2O9. The first-order valence-electron chi connectivity index (χ1n) is 11.2. The second-order valence-corrected chi connectivity index (χ2v) is 7.80. The van der Waals surface area contributed by atoms with Crippen molar-refractivity contribution in [3.63, 3.8) is 0 Å². The monoisotopic (exact) mass is 502 g/mol. The number of esters is 1. The van der Waals surface area contributed by atoms with E-state index in [0.29, 0.717) is 30.2 Å². The molecule has 3 rings (SSSR count). The highest BCUT2D eigenvalue weighted by Gasteiger charge is 2.30. The number of nitrogens with zero attached hydrogens (tertiary/aromatic N) is 1. The third-order valence-corrected chi connectivity index (χ3v) is 5.33. The molecule has 1 heterocycles. The summed E-state index contributed by atoms with van der Waals surface area (Å²) in [4.78, 5) is 45.3. The smallest absolute Gasteiger partial charge is 0.414 e. The van der Waals surface area contributed by atoms with E-state index in [1.54, 1.807) is 32.4 Å². The van der Waals surface area contributed by atoms with Crippen LogP contribution >= 0.6 is 0 Å². The minimum atomic E-state index is -1.82. The second kappa shape index (κ2) is 14.3. The zero-order valence-electron chi connectivity index (χ0n) is 20.1. The lowest BCUT2D eigenvalue weighted by Crippen LogP contribution is -2.49. The van der Waals surface area contributed by atoms with Gasteiger partial charge in [0.1, 0.15) is 6.61 Å². The van der Waals surface area contributed by atoms with Crippen LogP contribution in [0.1, 0.15) is 24.8 Å². The van der Waals surface area contributed by atoms with E-state index in [4.69, 9.17) is 34.0 Å². The zero-order chi connectivity index (χ0) is 26.5. The van der Waals surface area contributed by atoms with Crippen molar-refractivity contribution in [2.45, 2.75) is 31.9 Å². The Morgan fingerprint density at radius 1 is 0.944 bits per heavy atom.